The second-order valence-corrected chi connectivity index (χ2v) is 6.67. The van der Waals surface area contributed by atoms with Gasteiger partial charge in [0.15, 0.2) is 12.6 Å². The number of aromatic nitrogens is 6. The Morgan fingerprint density at radius 2 is 1.90 bits per heavy atom. The number of carbonyl (C=O) groups excluding carboxylic acids is 1. The molecule has 0 aliphatic rings. The third kappa shape index (κ3) is 4.57. The summed E-state index contributed by atoms with van der Waals surface area (Å²) < 4.78 is 12.0. The Bertz CT molecular complexity index is 1080. The van der Waals surface area contributed by atoms with Crippen LogP contribution in [0.25, 0.3) is 11.4 Å². The first kappa shape index (κ1) is 19.4. The highest BCUT2D eigenvalue weighted by Gasteiger charge is 2.25. The van der Waals surface area contributed by atoms with Crippen LogP contribution in [0.5, 0.6) is 0 Å². The molecule has 0 amide bonds. The molecule has 4 rings (SSSR count). The van der Waals surface area contributed by atoms with Gasteiger partial charge >= 0.3 is 5.97 Å². The molecule has 2 aromatic carbocycles. The predicted molar refractivity (Wildman–Crippen MR) is 106 cm³/mol. The lowest BCUT2D eigenvalue weighted by Gasteiger charge is -2.14. The molecule has 0 N–H and O–H groups in total. The summed E-state index contributed by atoms with van der Waals surface area (Å²) in [6.07, 6.45) is 2.74. The number of benzene rings is 2. The second-order valence-electron chi connectivity index (χ2n) is 6.67. The molecular weight excluding hydrogens is 384 g/mol. The SMILES string of the molecule is CCc1ccc(-c2noc(COC(=O)[C@@H](Cc3ccccc3)n3cnnn3)n2)cc1. The quantitative estimate of drug-likeness (QED) is 0.413. The highest BCUT2D eigenvalue weighted by Crippen LogP contribution is 2.19. The van der Waals surface area contributed by atoms with Crippen LogP contribution in [0.1, 0.15) is 30.0 Å². The highest BCUT2D eigenvalue weighted by atomic mass is 16.6. The van der Waals surface area contributed by atoms with Gasteiger partial charge in [-0.25, -0.2) is 9.48 Å². The monoisotopic (exact) mass is 404 g/mol. The lowest BCUT2D eigenvalue weighted by molar-refractivity contribution is -0.150. The number of hydrogen-bond acceptors (Lipinski definition) is 8. The van der Waals surface area contributed by atoms with E-state index in [1.54, 1.807) is 0 Å². The van der Waals surface area contributed by atoms with Gasteiger partial charge in [-0.05, 0) is 28.0 Å². The average molecular weight is 404 g/mol. The molecule has 4 aromatic rings. The standard InChI is InChI=1S/C21H20N6O3/c1-2-15-8-10-17(11-9-15)20-23-19(30-24-20)13-29-21(28)18(27-14-22-25-26-27)12-16-6-4-3-5-7-16/h3-11,14,18H,2,12-13H2,1H3/t18-/m1/s1. The Hall–Kier alpha value is -3.88. The maximum absolute atomic E-state index is 12.7. The van der Waals surface area contributed by atoms with Crippen molar-refractivity contribution < 1.29 is 14.1 Å². The van der Waals surface area contributed by atoms with Gasteiger partial charge in [-0.2, -0.15) is 4.98 Å². The number of ether oxygens (including phenoxy) is 1. The van der Waals surface area contributed by atoms with Crippen LogP contribution in [0.2, 0.25) is 0 Å². The van der Waals surface area contributed by atoms with Crippen LogP contribution < -0.4 is 0 Å². The van der Waals surface area contributed by atoms with Crippen molar-refractivity contribution >= 4 is 5.97 Å². The maximum Gasteiger partial charge on any atom is 0.331 e. The van der Waals surface area contributed by atoms with Crippen LogP contribution in [0, 0.1) is 0 Å². The summed E-state index contributed by atoms with van der Waals surface area (Å²) in [5.41, 5.74) is 3.03. The maximum atomic E-state index is 12.7. The summed E-state index contributed by atoms with van der Waals surface area (Å²) in [5, 5.41) is 15.1. The summed E-state index contributed by atoms with van der Waals surface area (Å²) in [6, 6.07) is 16.8. The fourth-order valence-corrected chi connectivity index (χ4v) is 2.98. The molecular formula is C21H20N6O3. The average Bonchev–Trinajstić information content (AvgIpc) is 3.49. The fourth-order valence-electron chi connectivity index (χ4n) is 2.98. The Labute approximate surface area is 172 Å². The number of carbonyl (C=O) groups is 1. The van der Waals surface area contributed by atoms with Gasteiger partial charge in [-0.1, -0.05) is 66.7 Å². The zero-order valence-corrected chi connectivity index (χ0v) is 16.4. The lowest BCUT2D eigenvalue weighted by atomic mass is 10.1. The molecule has 0 fully saturated rings. The first-order chi connectivity index (χ1) is 14.7. The minimum Gasteiger partial charge on any atom is -0.454 e. The van der Waals surface area contributed by atoms with Crippen molar-refractivity contribution in [3.63, 3.8) is 0 Å². The topological polar surface area (TPSA) is 109 Å². The molecule has 9 heteroatoms. The minimum absolute atomic E-state index is 0.133. The van der Waals surface area contributed by atoms with Gasteiger partial charge in [0.1, 0.15) is 6.33 Å². The van der Waals surface area contributed by atoms with Gasteiger partial charge in [0, 0.05) is 12.0 Å². The largest absolute Gasteiger partial charge is 0.454 e. The van der Waals surface area contributed by atoms with Gasteiger partial charge in [-0.3, -0.25) is 0 Å². The third-order valence-electron chi connectivity index (χ3n) is 4.65. The summed E-state index contributed by atoms with van der Waals surface area (Å²) >= 11 is 0. The molecule has 0 saturated carbocycles. The van der Waals surface area contributed by atoms with Gasteiger partial charge in [0.25, 0.3) is 5.89 Å². The Morgan fingerprint density at radius 1 is 1.10 bits per heavy atom. The van der Waals surface area contributed by atoms with Gasteiger partial charge < -0.3 is 9.26 Å². The van der Waals surface area contributed by atoms with Crippen molar-refractivity contribution in [3.8, 4) is 11.4 Å². The number of rotatable bonds is 8. The second kappa shape index (κ2) is 9.08. The molecule has 0 aliphatic heterocycles. The number of hydrogen-bond donors (Lipinski definition) is 0. The van der Waals surface area contributed by atoms with Crippen LogP contribution in [0.4, 0.5) is 0 Å². The van der Waals surface area contributed by atoms with E-state index in [2.05, 4.69) is 32.6 Å². The molecule has 152 valence electrons. The predicted octanol–water partition coefficient (Wildman–Crippen LogP) is 2.81. The van der Waals surface area contributed by atoms with E-state index in [-0.39, 0.29) is 12.5 Å². The lowest BCUT2D eigenvalue weighted by Crippen LogP contribution is -2.24. The van der Waals surface area contributed by atoms with Crippen LogP contribution in [0.3, 0.4) is 0 Å². The number of tetrazole rings is 1. The van der Waals surface area contributed by atoms with E-state index >= 15 is 0 Å². The summed E-state index contributed by atoms with van der Waals surface area (Å²) in [7, 11) is 0. The smallest absolute Gasteiger partial charge is 0.331 e. The third-order valence-corrected chi connectivity index (χ3v) is 4.65. The van der Waals surface area contributed by atoms with Gasteiger partial charge in [-0.15, -0.1) is 5.10 Å². The van der Waals surface area contributed by atoms with Crippen LogP contribution in [0.15, 0.2) is 65.4 Å². The van der Waals surface area contributed by atoms with Crippen LogP contribution >= 0.6 is 0 Å². The molecule has 2 heterocycles. The highest BCUT2D eigenvalue weighted by molar-refractivity contribution is 5.74. The molecule has 0 radical (unpaired) electrons. The van der Waals surface area contributed by atoms with E-state index in [4.69, 9.17) is 9.26 Å². The molecule has 0 unspecified atom stereocenters. The van der Waals surface area contributed by atoms with Gasteiger partial charge in [0.2, 0.25) is 5.82 Å². The van der Waals surface area contributed by atoms with E-state index in [0.717, 1.165) is 17.5 Å². The summed E-state index contributed by atoms with van der Waals surface area (Å²) in [4.78, 5) is 17.1. The van der Waals surface area contributed by atoms with Crippen molar-refractivity contribution in [3.05, 3.63) is 77.9 Å². The van der Waals surface area contributed by atoms with E-state index in [1.165, 1.54) is 16.6 Å². The number of nitrogens with zero attached hydrogens (tertiary/aromatic N) is 6. The fraction of sp³-hybridized carbons (Fsp3) is 0.238. The molecule has 0 saturated heterocycles. The summed E-state index contributed by atoms with van der Waals surface area (Å²) in [6.45, 7) is 1.96. The van der Waals surface area contributed by atoms with Gasteiger partial charge in [0.05, 0.1) is 0 Å². The normalized spacial score (nSPS) is 11.9. The molecule has 0 bridgehead atoms. The van der Waals surface area contributed by atoms with E-state index in [0.29, 0.717) is 12.2 Å². The zero-order valence-electron chi connectivity index (χ0n) is 16.4. The first-order valence-electron chi connectivity index (χ1n) is 9.58. The van der Waals surface area contributed by atoms with Crippen molar-refractivity contribution in [2.24, 2.45) is 0 Å². The van der Waals surface area contributed by atoms with E-state index in [9.17, 15) is 4.79 Å². The molecule has 9 nitrogen and oxygen atoms in total. The number of esters is 1. The van der Waals surface area contributed by atoms with Crippen molar-refractivity contribution in [1.29, 1.82) is 0 Å². The van der Waals surface area contributed by atoms with E-state index < -0.39 is 12.0 Å². The molecule has 30 heavy (non-hydrogen) atoms. The minimum atomic E-state index is -0.702. The Kier molecular flexibility index (Phi) is 5.88. The Balaban J connectivity index is 1.42. The molecule has 0 spiro atoms. The number of aryl methyl sites for hydroxylation is 1. The summed E-state index contributed by atoms with van der Waals surface area (Å²) in [5.74, 6) is 0.177. The van der Waals surface area contributed by atoms with E-state index in [1.807, 2.05) is 54.6 Å². The van der Waals surface area contributed by atoms with Crippen LogP contribution in [-0.4, -0.2) is 36.3 Å². The first-order valence-corrected chi connectivity index (χ1v) is 9.58. The Morgan fingerprint density at radius 3 is 2.60 bits per heavy atom. The van der Waals surface area contributed by atoms with Crippen LogP contribution in [-0.2, 0) is 29.0 Å². The molecule has 2 aromatic heterocycles. The van der Waals surface area contributed by atoms with Crippen molar-refractivity contribution in [2.75, 3.05) is 0 Å². The van der Waals surface area contributed by atoms with Crippen molar-refractivity contribution in [2.45, 2.75) is 32.4 Å². The van der Waals surface area contributed by atoms with Crippen molar-refractivity contribution in [1.82, 2.24) is 30.3 Å². The zero-order chi connectivity index (χ0) is 20.8. The molecule has 1 atom stereocenters. The molecule has 0 aliphatic carbocycles.